The summed E-state index contributed by atoms with van der Waals surface area (Å²) in [6, 6.07) is 1.75. The van der Waals surface area contributed by atoms with Crippen molar-refractivity contribution in [3.05, 3.63) is 17.8 Å². The van der Waals surface area contributed by atoms with Gasteiger partial charge in [0, 0.05) is 23.6 Å². The molecule has 6 heteroatoms. The van der Waals surface area contributed by atoms with Crippen LogP contribution in [0, 0.1) is 0 Å². The first-order chi connectivity index (χ1) is 9.93. The highest BCUT2D eigenvalue weighted by molar-refractivity contribution is 8.00. The largest absolute Gasteiger partial charge is 0.462 e. The van der Waals surface area contributed by atoms with Crippen LogP contribution in [0.1, 0.15) is 37.6 Å². The topological polar surface area (TPSA) is 68.5 Å². The van der Waals surface area contributed by atoms with E-state index in [1.54, 1.807) is 19.2 Å². The summed E-state index contributed by atoms with van der Waals surface area (Å²) in [7, 11) is 0. The van der Waals surface area contributed by atoms with Crippen molar-refractivity contribution in [1.29, 1.82) is 0 Å². The minimum Gasteiger partial charge on any atom is -0.462 e. The number of nitrogens with two attached hydrogens (primary N) is 1. The van der Waals surface area contributed by atoms with Gasteiger partial charge in [-0.05, 0) is 19.4 Å². The molecule has 1 aliphatic heterocycles. The molecular formula is C15H23N3O2S. The molecule has 21 heavy (non-hydrogen) atoms. The van der Waals surface area contributed by atoms with Gasteiger partial charge in [0.15, 0.2) is 0 Å². The summed E-state index contributed by atoms with van der Waals surface area (Å²) in [6.45, 7) is 8.50. The lowest BCUT2D eigenvalue weighted by atomic mass is 10.1. The van der Waals surface area contributed by atoms with Gasteiger partial charge in [-0.15, -0.1) is 0 Å². The van der Waals surface area contributed by atoms with Crippen molar-refractivity contribution in [2.75, 3.05) is 36.1 Å². The van der Waals surface area contributed by atoms with E-state index < -0.39 is 0 Å². The molecule has 2 heterocycles. The fraction of sp³-hybridized carbons (Fsp3) is 0.600. The highest BCUT2D eigenvalue weighted by Crippen LogP contribution is 2.32. The van der Waals surface area contributed by atoms with Crippen LogP contribution in [0.5, 0.6) is 0 Å². The van der Waals surface area contributed by atoms with Gasteiger partial charge >= 0.3 is 5.97 Å². The van der Waals surface area contributed by atoms with Crippen molar-refractivity contribution in [3.8, 4) is 0 Å². The normalized spacial score (nSPS) is 18.1. The number of nitrogen functional groups attached to an aromatic ring is 1. The Labute approximate surface area is 130 Å². The molecule has 0 atom stereocenters. The molecule has 1 aromatic heterocycles. The molecule has 2 rings (SSSR count). The third-order valence-corrected chi connectivity index (χ3v) is 4.95. The minimum atomic E-state index is -0.386. The van der Waals surface area contributed by atoms with Crippen LogP contribution in [0.3, 0.4) is 0 Å². The van der Waals surface area contributed by atoms with E-state index in [0.717, 1.165) is 31.1 Å². The summed E-state index contributed by atoms with van der Waals surface area (Å²) in [5.74, 6) is 1.46. The fourth-order valence-electron chi connectivity index (χ4n) is 2.26. The Kier molecular flexibility index (Phi) is 4.98. The SMILES string of the molecule is CCOC(=O)c1cc(N2CCSC(C)(C)CC2)ncc1N. The number of rotatable bonds is 3. The van der Waals surface area contributed by atoms with Gasteiger partial charge in [-0.3, -0.25) is 0 Å². The first kappa shape index (κ1) is 15.9. The molecule has 0 spiro atoms. The molecular weight excluding hydrogens is 286 g/mol. The summed E-state index contributed by atoms with van der Waals surface area (Å²) in [5.41, 5.74) is 6.60. The third kappa shape index (κ3) is 4.03. The summed E-state index contributed by atoms with van der Waals surface area (Å²) in [4.78, 5) is 18.5. The van der Waals surface area contributed by atoms with E-state index in [0.29, 0.717) is 17.9 Å². The summed E-state index contributed by atoms with van der Waals surface area (Å²) in [6.07, 6.45) is 2.63. The highest BCUT2D eigenvalue weighted by atomic mass is 32.2. The van der Waals surface area contributed by atoms with Gasteiger partial charge in [0.2, 0.25) is 0 Å². The maximum Gasteiger partial charge on any atom is 0.340 e. The number of aromatic nitrogens is 1. The first-order valence-corrected chi connectivity index (χ1v) is 8.23. The average molecular weight is 309 g/mol. The summed E-state index contributed by atoms with van der Waals surface area (Å²) in [5, 5.41) is 0. The van der Waals surface area contributed by atoms with Crippen molar-refractivity contribution in [2.24, 2.45) is 0 Å². The molecule has 1 saturated heterocycles. The molecule has 0 unspecified atom stereocenters. The number of carbonyl (C=O) groups is 1. The van der Waals surface area contributed by atoms with Crippen LogP contribution in [-0.2, 0) is 4.74 Å². The Morgan fingerprint density at radius 1 is 1.52 bits per heavy atom. The Balaban J connectivity index is 2.20. The molecule has 1 fully saturated rings. The average Bonchev–Trinajstić information content (AvgIpc) is 2.60. The molecule has 1 aliphatic rings. The molecule has 116 valence electrons. The second-order valence-corrected chi connectivity index (χ2v) is 7.50. The molecule has 0 saturated carbocycles. The number of carbonyl (C=O) groups excluding carboxylic acids is 1. The van der Waals surface area contributed by atoms with Gasteiger partial charge in [0.05, 0.1) is 24.1 Å². The molecule has 0 bridgehead atoms. The lowest BCUT2D eigenvalue weighted by Gasteiger charge is -2.23. The number of thioether (sulfide) groups is 1. The zero-order valence-corrected chi connectivity index (χ0v) is 13.7. The van der Waals surface area contributed by atoms with Gasteiger partial charge in [-0.25, -0.2) is 9.78 Å². The van der Waals surface area contributed by atoms with Crippen molar-refractivity contribution in [1.82, 2.24) is 4.98 Å². The summed E-state index contributed by atoms with van der Waals surface area (Å²) < 4.78 is 5.32. The van der Waals surface area contributed by atoms with Crippen molar-refractivity contribution in [2.45, 2.75) is 31.9 Å². The quantitative estimate of drug-likeness (QED) is 0.866. The Bertz CT molecular complexity index is 520. The molecule has 0 amide bonds. The van der Waals surface area contributed by atoms with E-state index in [2.05, 4.69) is 23.7 Å². The minimum absolute atomic E-state index is 0.284. The smallest absolute Gasteiger partial charge is 0.340 e. The first-order valence-electron chi connectivity index (χ1n) is 7.24. The zero-order chi connectivity index (χ0) is 15.5. The van der Waals surface area contributed by atoms with Crippen LogP contribution >= 0.6 is 11.8 Å². The second kappa shape index (κ2) is 6.56. The van der Waals surface area contributed by atoms with Crippen molar-refractivity contribution >= 4 is 29.2 Å². The van der Waals surface area contributed by atoms with Crippen molar-refractivity contribution in [3.63, 3.8) is 0 Å². The highest BCUT2D eigenvalue weighted by Gasteiger charge is 2.25. The predicted octanol–water partition coefficient (Wildman–Crippen LogP) is 2.56. The number of esters is 1. The number of pyridine rings is 1. The van der Waals surface area contributed by atoms with Crippen LogP contribution in [0.4, 0.5) is 11.5 Å². The molecule has 2 N–H and O–H groups in total. The molecule has 0 aliphatic carbocycles. The van der Waals surface area contributed by atoms with E-state index in [9.17, 15) is 4.79 Å². The maximum atomic E-state index is 11.9. The monoisotopic (exact) mass is 309 g/mol. The number of nitrogens with zero attached hydrogens (tertiary/aromatic N) is 2. The molecule has 0 aromatic carbocycles. The Morgan fingerprint density at radius 3 is 3.00 bits per heavy atom. The van der Waals surface area contributed by atoms with Crippen LogP contribution < -0.4 is 10.6 Å². The molecule has 1 aromatic rings. The van der Waals surface area contributed by atoms with Crippen LogP contribution in [0.15, 0.2) is 12.3 Å². The Hall–Kier alpha value is -1.43. The Morgan fingerprint density at radius 2 is 2.29 bits per heavy atom. The van der Waals surface area contributed by atoms with E-state index in [1.807, 2.05) is 11.8 Å². The van der Waals surface area contributed by atoms with Gasteiger partial charge in [0.1, 0.15) is 5.82 Å². The lowest BCUT2D eigenvalue weighted by molar-refractivity contribution is 0.0527. The maximum absolute atomic E-state index is 11.9. The van der Waals surface area contributed by atoms with E-state index in [4.69, 9.17) is 10.5 Å². The number of anilines is 2. The lowest BCUT2D eigenvalue weighted by Crippen LogP contribution is -2.28. The van der Waals surface area contributed by atoms with E-state index >= 15 is 0 Å². The van der Waals surface area contributed by atoms with Gasteiger partial charge in [-0.2, -0.15) is 11.8 Å². The van der Waals surface area contributed by atoms with Crippen LogP contribution in [0.25, 0.3) is 0 Å². The van der Waals surface area contributed by atoms with E-state index in [-0.39, 0.29) is 10.7 Å². The van der Waals surface area contributed by atoms with Crippen molar-refractivity contribution < 1.29 is 9.53 Å². The third-order valence-electron chi connectivity index (χ3n) is 3.58. The molecule has 0 radical (unpaired) electrons. The van der Waals surface area contributed by atoms with E-state index in [1.165, 1.54) is 0 Å². The standard InChI is InChI=1S/C15H23N3O2S/c1-4-20-14(19)11-9-13(17-10-12(11)16)18-6-5-15(2,3)21-8-7-18/h9-10H,4-8,16H2,1-3H3. The second-order valence-electron chi connectivity index (χ2n) is 5.70. The van der Waals surface area contributed by atoms with Gasteiger partial charge in [-0.1, -0.05) is 13.8 Å². The fourth-order valence-corrected chi connectivity index (χ4v) is 3.36. The summed E-state index contributed by atoms with van der Waals surface area (Å²) >= 11 is 1.98. The number of hydrogen-bond donors (Lipinski definition) is 1. The van der Waals surface area contributed by atoms with Crippen LogP contribution in [0.2, 0.25) is 0 Å². The number of ether oxygens (including phenoxy) is 1. The predicted molar refractivity (Wildman–Crippen MR) is 88.0 cm³/mol. The number of hydrogen-bond acceptors (Lipinski definition) is 6. The van der Waals surface area contributed by atoms with Gasteiger partial charge in [0.25, 0.3) is 0 Å². The van der Waals surface area contributed by atoms with Crippen LogP contribution in [-0.4, -0.2) is 41.1 Å². The van der Waals surface area contributed by atoms with Gasteiger partial charge < -0.3 is 15.4 Å². The zero-order valence-electron chi connectivity index (χ0n) is 12.9. The molecule has 5 nitrogen and oxygen atoms in total.